The molecule has 2 rings (SSSR count). The maximum absolute atomic E-state index is 11.4. The van der Waals surface area contributed by atoms with Crippen molar-refractivity contribution in [2.75, 3.05) is 26.0 Å². The minimum atomic E-state index is -3.59. The average Bonchev–Trinajstić information content (AvgIpc) is 2.79. The molecule has 9 heteroatoms. The fourth-order valence-electron chi connectivity index (χ4n) is 3.42. The molecule has 0 aromatic carbocycles. The maximum Gasteiger partial charge on any atom is 0.264 e. The fraction of sp³-hybridized carbons (Fsp3) is 0.933. The van der Waals surface area contributed by atoms with Crippen LogP contribution in [0.3, 0.4) is 0 Å². The van der Waals surface area contributed by atoms with Crippen LogP contribution in [0.2, 0.25) is 0 Å². The van der Waals surface area contributed by atoms with E-state index in [1.165, 1.54) is 4.81 Å². The summed E-state index contributed by atoms with van der Waals surface area (Å²) in [5, 5.41) is 0. The van der Waals surface area contributed by atoms with Crippen LogP contribution in [0.4, 0.5) is 0 Å². The van der Waals surface area contributed by atoms with Gasteiger partial charge in [0.2, 0.25) is 0 Å². The highest BCUT2D eigenvalue weighted by Crippen LogP contribution is 2.28. The molecule has 1 aliphatic heterocycles. The van der Waals surface area contributed by atoms with Crippen LogP contribution in [0.1, 0.15) is 32.6 Å². The van der Waals surface area contributed by atoms with Crippen LogP contribution in [0, 0.1) is 5.92 Å². The van der Waals surface area contributed by atoms with E-state index in [1.807, 2.05) is 6.92 Å². The van der Waals surface area contributed by atoms with Crippen molar-refractivity contribution in [3.63, 3.8) is 0 Å². The zero-order chi connectivity index (χ0) is 17.7. The van der Waals surface area contributed by atoms with Gasteiger partial charge in [0, 0.05) is 19.1 Å². The van der Waals surface area contributed by atoms with Crippen molar-refractivity contribution < 1.29 is 26.9 Å². The predicted octanol–water partition coefficient (Wildman–Crippen LogP) is 0.278. The number of carbonyl (C=O) groups excluding carboxylic acids is 1. The molecule has 0 aromatic rings. The van der Waals surface area contributed by atoms with E-state index in [4.69, 9.17) is 21.6 Å². The summed E-state index contributed by atoms with van der Waals surface area (Å²) < 4.78 is 39.6. The zero-order valence-electron chi connectivity index (χ0n) is 14.3. The van der Waals surface area contributed by atoms with Crippen LogP contribution in [-0.4, -0.2) is 77.9 Å². The molecule has 2 fully saturated rings. The minimum Gasteiger partial charge on any atom is -0.377 e. The number of aldehydes is 1. The first-order valence-corrected chi connectivity index (χ1v) is 10.2. The predicted molar refractivity (Wildman–Crippen MR) is 89.1 cm³/mol. The summed E-state index contributed by atoms with van der Waals surface area (Å²) in [4.78, 5) is 12.3. The van der Waals surface area contributed by atoms with Gasteiger partial charge in [-0.2, -0.15) is 8.42 Å². The Balaban J connectivity index is 1.91. The molecule has 0 amide bonds. The van der Waals surface area contributed by atoms with Gasteiger partial charge < -0.3 is 19.1 Å². The summed E-state index contributed by atoms with van der Waals surface area (Å²) in [6, 6.07) is -0.263. The highest BCUT2D eigenvalue weighted by Gasteiger charge is 2.43. The van der Waals surface area contributed by atoms with E-state index in [0.29, 0.717) is 13.2 Å². The highest BCUT2D eigenvalue weighted by molar-refractivity contribution is 7.86. The third-order valence-corrected chi connectivity index (χ3v) is 5.23. The third kappa shape index (κ3) is 5.52. The van der Waals surface area contributed by atoms with Crippen LogP contribution in [-0.2, 0) is 28.6 Å². The van der Waals surface area contributed by atoms with Gasteiger partial charge in [0.15, 0.2) is 7.98 Å². The molecular weight excluding hydrogens is 333 g/mol. The molecule has 2 radical (unpaired) electrons. The molecule has 0 bridgehead atoms. The first-order chi connectivity index (χ1) is 11.3. The van der Waals surface area contributed by atoms with Gasteiger partial charge in [0.25, 0.3) is 10.1 Å². The molecule has 1 heterocycles. The molecule has 0 spiro atoms. The summed E-state index contributed by atoms with van der Waals surface area (Å²) in [5.41, 5.74) is 0. The second-order valence-electron chi connectivity index (χ2n) is 6.53. The first kappa shape index (κ1) is 19.8. The van der Waals surface area contributed by atoms with Crippen LogP contribution in [0.5, 0.6) is 0 Å². The Morgan fingerprint density at radius 3 is 2.42 bits per heavy atom. The van der Waals surface area contributed by atoms with Crippen LogP contribution >= 0.6 is 0 Å². The van der Waals surface area contributed by atoms with Crippen molar-refractivity contribution in [3.8, 4) is 0 Å². The van der Waals surface area contributed by atoms with Crippen LogP contribution in [0.15, 0.2) is 0 Å². The molecule has 0 N–H and O–H groups in total. The lowest BCUT2D eigenvalue weighted by molar-refractivity contribution is -0.113. The lowest BCUT2D eigenvalue weighted by Gasteiger charge is -2.30. The van der Waals surface area contributed by atoms with Crippen molar-refractivity contribution in [2.45, 2.75) is 57.0 Å². The maximum atomic E-state index is 11.4. The van der Waals surface area contributed by atoms with E-state index >= 15 is 0 Å². The van der Waals surface area contributed by atoms with Crippen molar-refractivity contribution in [1.29, 1.82) is 0 Å². The molecule has 7 nitrogen and oxygen atoms in total. The molecular formula is C15H26BNO6S. The lowest BCUT2D eigenvalue weighted by Crippen LogP contribution is -2.42. The lowest BCUT2D eigenvalue weighted by atomic mass is 9.88. The second-order valence-corrected chi connectivity index (χ2v) is 8.13. The van der Waals surface area contributed by atoms with Gasteiger partial charge in [0.05, 0.1) is 25.0 Å². The number of carbonyl (C=O) groups is 1. The standard InChI is InChI=1S/C15H26BNO6S/c1-3-21-15-13(17(16)8-14(15)23-24(2,19)20)10-22-12-6-4-11(9-18)5-7-12/h9,11-15H,3-8,10H2,1-2H3/t11?,12?,13-,14+,15-/m1/s1. The van der Waals surface area contributed by atoms with Crippen molar-refractivity contribution in [1.82, 2.24) is 4.81 Å². The van der Waals surface area contributed by atoms with E-state index in [-0.39, 0.29) is 24.6 Å². The summed E-state index contributed by atoms with van der Waals surface area (Å²) in [5.74, 6) is 0.144. The first-order valence-electron chi connectivity index (χ1n) is 8.42. The monoisotopic (exact) mass is 359 g/mol. The molecule has 0 unspecified atom stereocenters. The number of ether oxygens (including phenoxy) is 2. The van der Waals surface area contributed by atoms with Crippen molar-refractivity contribution >= 4 is 24.4 Å². The molecule has 3 atom stereocenters. The van der Waals surface area contributed by atoms with Crippen LogP contribution in [0.25, 0.3) is 0 Å². The fourth-order valence-corrected chi connectivity index (χ4v) is 4.04. The molecule has 24 heavy (non-hydrogen) atoms. The summed E-state index contributed by atoms with van der Waals surface area (Å²) in [6.45, 7) is 2.89. The Morgan fingerprint density at radius 2 is 1.88 bits per heavy atom. The van der Waals surface area contributed by atoms with Gasteiger partial charge in [-0.05, 0) is 32.6 Å². The molecule has 1 aliphatic carbocycles. The van der Waals surface area contributed by atoms with Gasteiger partial charge in [-0.3, -0.25) is 4.18 Å². The number of nitrogens with zero attached hydrogens (tertiary/aromatic N) is 1. The van der Waals surface area contributed by atoms with E-state index in [9.17, 15) is 13.2 Å². The van der Waals surface area contributed by atoms with E-state index in [0.717, 1.165) is 38.2 Å². The Morgan fingerprint density at radius 1 is 1.21 bits per heavy atom. The second kappa shape index (κ2) is 8.76. The quantitative estimate of drug-likeness (QED) is 0.350. The SMILES string of the molecule is [B]N1C[C@H](OS(C)(=O)=O)[C@H](OCC)[C@H]1COC1CCC(C=O)CC1. The molecule has 0 aromatic heterocycles. The highest BCUT2D eigenvalue weighted by atomic mass is 32.2. The van der Waals surface area contributed by atoms with Gasteiger partial charge in [-0.1, -0.05) is 0 Å². The number of hydrogen-bond acceptors (Lipinski definition) is 7. The Bertz CT molecular complexity index is 508. The topological polar surface area (TPSA) is 82.1 Å². The van der Waals surface area contributed by atoms with E-state index in [2.05, 4.69) is 0 Å². The Hall–Kier alpha value is -0.475. The minimum absolute atomic E-state index is 0.103. The Kier molecular flexibility index (Phi) is 7.24. The Labute approximate surface area is 145 Å². The van der Waals surface area contributed by atoms with Gasteiger partial charge in [-0.25, -0.2) is 0 Å². The van der Waals surface area contributed by atoms with E-state index in [1.54, 1.807) is 0 Å². The van der Waals surface area contributed by atoms with Gasteiger partial charge >= 0.3 is 0 Å². The van der Waals surface area contributed by atoms with E-state index < -0.39 is 22.3 Å². The van der Waals surface area contributed by atoms with Crippen molar-refractivity contribution in [2.24, 2.45) is 5.92 Å². The number of rotatable bonds is 8. The van der Waals surface area contributed by atoms with Crippen molar-refractivity contribution in [3.05, 3.63) is 0 Å². The molecule has 2 aliphatic rings. The number of hydrogen-bond donors (Lipinski definition) is 0. The smallest absolute Gasteiger partial charge is 0.264 e. The summed E-state index contributed by atoms with van der Waals surface area (Å²) in [7, 11) is 2.43. The van der Waals surface area contributed by atoms with Gasteiger partial charge in [-0.15, -0.1) is 0 Å². The molecule has 136 valence electrons. The molecule has 1 saturated carbocycles. The molecule has 1 saturated heterocycles. The summed E-state index contributed by atoms with van der Waals surface area (Å²) in [6.07, 6.45) is 4.45. The normalized spacial score (nSPS) is 35.2. The largest absolute Gasteiger partial charge is 0.377 e. The zero-order valence-corrected chi connectivity index (χ0v) is 15.1. The third-order valence-electron chi connectivity index (χ3n) is 4.63. The average molecular weight is 359 g/mol. The van der Waals surface area contributed by atoms with Gasteiger partial charge in [0.1, 0.15) is 18.5 Å². The summed E-state index contributed by atoms with van der Waals surface area (Å²) >= 11 is 0. The van der Waals surface area contributed by atoms with Crippen LogP contribution < -0.4 is 0 Å².